The van der Waals surface area contributed by atoms with Crippen LogP contribution in [0.5, 0.6) is 0 Å². The van der Waals surface area contributed by atoms with Crippen molar-refractivity contribution in [1.82, 2.24) is 4.31 Å². The van der Waals surface area contributed by atoms with Crippen LogP contribution in [-0.2, 0) is 10.0 Å². The summed E-state index contributed by atoms with van der Waals surface area (Å²) in [6.07, 6.45) is 0.722. The summed E-state index contributed by atoms with van der Waals surface area (Å²) in [4.78, 5) is 10.2. The van der Waals surface area contributed by atoms with Gasteiger partial charge >= 0.3 is 0 Å². The molecule has 0 aliphatic rings. The van der Waals surface area contributed by atoms with Crippen molar-refractivity contribution in [3.8, 4) is 0 Å². The second-order valence-electron chi connectivity index (χ2n) is 5.20. The fourth-order valence-corrected chi connectivity index (χ4v) is 3.17. The van der Waals surface area contributed by atoms with Gasteiger partial charge in [0.05, 0.1) is 10.6 Å². The predicted octanol–water partition coefficient (Wildman–Crippen LogP) is 2.30. The molecule has 0 bridgehead atoms. The molecular weight excluding hydrogens is 294 g/mol. The number of hydrogen-bond acceptors (Lipinski definition) is 5. The molecule has 1 aromatic carbocycles. The second-order valence-corrected chi connectivity index (χ2v) is 7.21. The molecule has 7 nitrogen and oxygen atoms in total. The lowest BCUT2D eigenvalue weighted by atomic mass is 10.1. The Balaban J connectivity index is 3.22. The first-order valence-electron chi connectivity index (χ1n) is 6.62. The molecule has 0 saturated heterocycles. The van der Waals surface area contributed by atoms with Gasteiger partial charge in [-0.2, -0.15) is 0 Å². The number of nitrogens with zero attached hydrogens (tertiary/aromatic N) is 2. The fraction of sp³-hybridized carbons (Fsp3) is 0.538. The van der Waals surface area contributed by atoms with E-state index in [-0.39, 0.29) is 10.6 Å². The highest BCUT2D eigenvalue weighted by atomic mass is 32.2. The van der Waals surface area contributed by atoms with Gasteiger partial charge in [-0.1, -0.05) is 13.8 Å². The molecule has 0 spiro atoms. The number of sulfonamides is 1. The highest BCUT2D eigenvalue weighted by Gasteiger charge is 2.26. The van der Waals surface area contributed by atoms with E-state index in [0.29, 0.717) is 18.2 Å². The Morgan fingerprint density at radius 1 is 1.38 bits per heavy atom. The number of rotatable bonds is 7. The van der Waals surface area contributed by atoms with Crippen molar-refractivity contribution in [3.05, 3.63) is 28.3 Å². The normalized spacial score (nSPS) is 11.9. The van der Waals surface area contributed by atoms with E-state index in [0.717, 1.165) is 12.5 Å². The van der Waals surface area contributed by atoms with Gasteiger partial charge in [-0.25, -0.2) is 12.7 Å². The summed E-state index contributed by atoms with van der Waals surface area (Å²) in [7, 11) is -0.707. The van der Waals surface area contributed by atoms with Crippen LogP contribution in [0, 0.1) is 16.0 Å². The third-order valence-corrected chi connectivity index (χ3v) is 5.05. The van der Waals surface area contributed by atoms with Crippen LogP contribution in [0.1, 0.15) is 20.3 Å². The molecule has 8 heteroatoms. The van der Waals surface area contributed by atoms with Gasteiger partial charge in [0.25, 0.3) is 5.69 Å². The molecule has 0 unspecified atom stereocenters. The summed E-state index contributed by atoms with van der Waals surface area (Å²) in [6.45, 7) is 4.38. The Kier molecular flexibility index (Phi) is 5.68. The van der Waals surface area contributed by atoms with E-state index in [9.17, 15) is 18.5 Å². The van der Waals surface area contributed by atoms with Crippen LogP contribution < -0.4 is 5.32 Å². The molecule has 1 rings (SSSR count). The largest absolute Gasteiger partial charge is 0.387 e. The average molecular weight is 315 g/mol. The highest BCUT2D eigenvalue weighted by molar-refractivity contribution is 7.89. The Morgan fingerprint density at radius 3 is 2.48 bits per heavy atom. The Morgan fingerprint density at radius 2 is 2.00 bits per heavy atom. The van der Waals surface area contributed by atoms with Gasteiger partial charge in [-0.05, 0) is 18.4 Å². The summed E-state index contributed by atoms with van der Waals surface area (Å²) in [5.74, 6) is 0.372. The van der Waals surface area contributed by atoms with Gasteiger partial charge in [0.1, 0.15) is 4.90 Å². The number of anilines is 1. The number of non-ortho nitro benzene ring substituents is 1. The summed E-state index contributed by atoms with van der Waals surface area (Å²) < 4.78 is 26.4. The first-order chi connectivity index (χ1) is 9.70. The van der Waals surface area contributed by atoms with E-state index >= 15 is 0 Å². The van der Waals surface area contributed by atoms with Gasteiger partial charge in [0, 0.05) is 32.8 Å². The molecule has 0 fully saturated rings. The van der Waals surface area contributed by atoms with Crippen LogP contribution >= 0.6 is 0 Å². The van der Waals surface area contributed by atoms with Gasteiger partial charge in [0.2, 0.25) is 10.0 Å². The maximum atomic E-state index is 12.6. The van der Waals surface area contributed by atoms with Gasteiger partial charge in [0.15, 0.2) is 0 Å². The smallest absolute Gasteiger partial charge is 0.270 e. The molecule has 0 aliphatic carbocycles. The topological polar surface area (TPSA) is 92.5 Å². The zero-order valence-electron chi connectivity index (χ0n) is 12.7. The zero-order chi connectivity index (χ0) is 16.2. The van der Waals surface area contributed by atoms with Crippen LogP contribution in [0.4, 0.5) is 11.4 Å². The number of nitrogens with one attached hydrogen (secondary N) is 1. The van der Waals surface area contributed by atoms with E-state index in [4.69, 9.17) is 0 Å². The van der Waals surface area contributed by atoms with Crippen LogP contribution in [0.25, 0.3) is 0 Å². The second kappa shape index (κ2) is 6.86. The molecule has 0 heterocycles. The summed E-state index contributed by atoms with van der Waals surface area (Å²) in [5.41, 5.74) is 0.0989. The molecule has 0 saturated carbocycles. The molecule has 118 valence electrons. The Hall–Kier alpha value is -1.67. The fourth-order valence-electron chi connectivity index (χ4n) is 1.77. The maximum Gasteiger partial charge on any atom is 0.270 e. The molecule has 0 radical (unpaired) electrons. The Labute approximate surface area is 125 Å². The van der Waals surface area contributed by atoms with Crippen LogP contribution in [0.2, 0.25) is 0 Å². The van der Waals surface area contributed by atoms with Crippen molar-refractivity contribution in [1.29, 1.82) is 0 Å². The van der Waals surface area contributed by atoms with Crippen LogP contribution in [-0.4, -0.2) is 38.3 Å². The summed E-state index contributed by atoms with van der Waals surface area (Å²) in [5, 5.41) is 13.6. The lowest BCUT2D eigenvalue weighted by Gasteiger charge is -2.20. The Bertz CT molecular complexity index is 614. The molecule has 0 atom stereocenters. The number of nitro groups is 1. The first kappa shape index (κ1) is 17.4. The quantitative estimate of drug-likeness (QED) is 0.615. The van der Waals surface area contributed by atoms with Crippen molar-refractivity contribution >= 4 is 21.4 Å². The van der Waals surface area contributed by atoms with Crippen molar-refractivity contribution in [3.63, 3.8) is 0 Å². The summed E-state index contributed by atoms with van der Waals surface area (Å²) >= 11 is 0. The number of hydrogen-bond donors (Lipinski definition) is 1. The number of benzene rings is 1. The zero-order valence-corrected chi connectivity index (χ0v) is 13.5. The molecule has 21 heavy (non-hydrogen) atoms. The third-order valence-electron chi connectivity index (χ3n) is 3.15. The minimum atomic E-state index is -3.77. The standard InChI is InChI=1S/C13H21N3O4S/c1-10(2)7-8-15(4)21(19,20)13-9-11(16(17)18)5-6-12(13)14-3/h5-6,9-10,14H,7-8H2,1-4H3. The van der Waals surface area contributed by atoms with E-state index in [1.54, 1.807) is 7.05 Å². The first-order valence-corrected chi connectivity index (χ1v) is 8.06. The van der Waals surface area contributed by atoms with Crippen LogP contribution in [0.3, 0.4) is 0 Å². The van der Waals surface area contributed by atoms with Crippen molar-refractivity contribution in [2.45, 2.75) is 25.2 Å². The molecular formula is C13H21N3O4S. The summed E-state index contributed by atoms with van der Waals surface area (Å²) in [6, 6.07) is 3.77. The number of nitro benzene ring substituents is 1. The molecule has 0 aromatic heterocycles. The molecule has 1 aromatic rings. The average Bonchev–Trinajstić information content (AvgIpc) is 2.43. The maximum absolute atomic E-state index is 12.6. The van der Waals surface area contributed by atoms with Gasteiger partial charge in [-0.3, -0.25) is 10.1 Å². The molecule has 0 amide bonds. The minimum absolute atomic E-state index is 0.0783. The van der Waals surface area contributed by atoms with Crippen LogP contribution in [0.15, 0.2) is 23.1 Å². The highest BCUT2D eigenvalue weighted by Crippen LogP contribution is 2.28. The monoisotopic (exact) mass is 315 g/mol. The minimum Gasteiger partial charge on any atom is -0.387 e. The van der Waals surface area contributed by atoms with E-state index in [1.807, 2.05) is 13.8 Å². The predicted molar refractivity (Wildman–Crippen MR) is 81.9 cm³/mol. The van der Waals surface area contributed by atoms with E-state index in [1.165, 1.54) is 23.5 Å². The van der Waals surface area contributed by atoms with Crippen molar-refractivity contribution < 1.29 is 13.3 Å². The third kappa shape index (κ3) is 4.15. The van der Waals surface area contributed by atoms with Gasteiger partial charge < -0.3 is 5.32 Å². The lowest BCUT2D eigenvalue weighted by molar-refractivity contribution is -0.385. The lowest BCUT2D eigenvalue weighted by Crippen LogP contribution is -2.29. The van der Waals surface area contributed by atoms with Gasteiger partial charge in [-0.15, -0.1) is 0 Å². The van der Waals surface area contributed by atoms with E-state index in [2.05, 4.69) is 5.32 Å². The van der Waals surface area contributed by atoms with E-state index < -0.39 is 14.9 Å². The molecule has 0 aliphatic heterocycles. The van der Waals surface area contributed by atoms with Crippen molar-refractivity contribution in [2.24, 2.45) is 5.92 Å². The SMILES string of the molecule is CNc1ccc([N+](=O)[O-])cc1S(=O)(=O)N(C)CCC(C)C. The van der Waals surface area contributed by atoms with Crippen molar-refractivity contribution in [2.75, 3.05) is 26.0 Å². The molecule has 1 N–H and O–H groups in total.